The lowest BCUT2D eigenvalue weighted by molar-refractivity contribution is 0.436. The summed E-state index contributed by atoms with van der Waals surface area (Å²) in [6.45, 7) is 4.45. The first-order chi connectivity index (χ1) is 8.10. The van der Waals surface area contributed by atoms with E-state index in [-0.39, 0.29) is 5.38 Å². The summed E-state index contributed by atoms with van der Waals surface area (Å²) in [5.41, 5.74) is 1.20. The maximum atomic E-state index is 6.63. The predicted octanol–water partition coefficient (Wildman–Crippen LogP) is 6.71. The van der Waals surface area contributed by atoms with Crippen molar-refractivity contribution in [2.24, 2.45) is 5.92 Å². The molecule has 1 aromatic rings. The van der Waals surface area contributed by atoms with E-state index in [2.05, 4.69) is 57.8 Å². The lowest BCUT2D eigenvalue weighted by atomic mass is 9.91. The fourth-order valence-corrected chi connectivity index (χ4v) is 3.49. The van der Waals surface area contributed by atoms with Gasteiger partial charge in [-0.15, -0.1) is 11.6 Å². The van der Waals surface area contributed by atoms with Crippen molar-refractivity contribution in [2.45, 2.75) is 44.9 Å². The number of rotatable bonds is 6. The summed E-state index contributed by atoms with van der Waals surface area (Å²) in [5.74, 6) is 0.558. The fourth-order valence-electron chi connectivity index (χ4n) is 2.00. The number of benzene rings is 1. The maximum absolute atomic E-state index is 6.63. The van der Waals surface area contributed by atoms with Crippen molar-refractivity contribution >= 4 is 43.5 Å². The average molecular weight is 383 g/mol. The number of hydrogen-bond acceptors (Lipinski definition) is 0. The molecule has 0 aromatic heterocycles. The Morgan fingerprint density at radius 3 is 2.53 bits per heavy atom. The van der Waals surface area contributed by atoms with Gasteiger partial charge in [-0.2, -0.15) is 0 Å². The van der Waals surface area contributed by atoms with E-state index in [0.717, 1.165) is 15.4 Å². The third-order valence-corrected chi connectivity index (χ3v) is 4.93. The molecule has 17 heavy (non-hydrogen) atoms. The van der Waals surface area contributed by atoms with Crippen LogP contribution in [-0.4, -0.2) is 0 Å². The van der Waals surface area contributed by atoms with E-state index in [1.165, 1.54) is 24.8 Å². The van der Waals surface area contributed by atoms with Crippen LogP contribution in [0.3, 0.4) is 0 Å². The molecule has 0 radical (unpaired) electrons. The van der Waals surface area contributed by atoms with Crippen LogP contribution < -0.4 is 0 Å². The molecule has 0 spiro atoms. The van der Waals surface area contributed by atoms with Crippen molar-refractivity contribution in [3.63, 3.8) is 0 Å². The normalized spacial score (nSPS) is 14.6. The van der Waals surface area contributed by atoms with Crippen molar-refractivity contribution in [3.8, 4) is 0 Å². The molecule has 3 heteroatoms. The van der Waals surface area contributed by atoms with Crippen molar-refractivity contribution in [2.75, 3.05) is 0 Å². The molecule has 0 bridgehead atoms. The van der Waals surface area contributed by atoms with Crippen LogP contribution in [0.25, 0.3) is 0 Å². The Hall–Kier alpha value is 0.470. The molecule has 1 rings (SSSR count). The van der Waals surface area contributed by atoms with Crippen LogP contribution in [0, 0.1) is 5.92 Å². The first-order valence-electron chi connectivity index (χ1n) is 6.19. The Morgan fingerprint density at radius 1 is 1.24 bits per heavy atom. The lowest BCUT2D eigenvalue weighted by Crippen LogP contribution is -2.08. The smallest absolute Gasteiger partial charge is 0.0624 e. The Bertz CT molecular complexity index is 352. The van der Waals surface area contributed by atoms with Gasteiger partial charge in [-0.3, -0.25) is 0 Å². The van der Waals surface area contributed by atoms with Gasteiger partial charge in [-0.1, -0.05) is 65.0 Å². The highest BCUT2D eigenvalue weighted by atomic mass is 79.9. The summed E-state index contributed by atoms with van der Waals surface area (Å²) in [4.78, 5) is 0. The van der Waals surface area contributed by atoms with E-state index in [4.69, 9.17) is 11.6 Å². The summed E-state index contributed by atoms with van der Waals surface area (Å²) in [7, 11) is 0. The second-order valence-electron chi connectivity index (χ2n) is 4.38. The zero-order chi connectivity index (χ0) is 12.8. The van der Waals surface area contributed by atoms with Gasteiger partial charge < -0.3 is 0 Å². The van der Waals surface area contributed by atoms with Crippen LogP contribution in [0.15, 0.2) is 27.1 Å². The summed E-state index contributed by atoms with van der Waals surface area (Å²) in [6.07, 6.45) is 4.83. The number of hydrogen-bond donors (Lipinski definition) is 0. The van der Waals surface area contributed by atoms with Crippen LogP contribution in [0.2, 0.25) is 0 Å². The van der Waals surface area contributed by atoms with Gasteiger partial charge in [0, 0.05) is 8.95 Å². The molecule has 2 atom stereocenters. The first kappa shape index (κ1) is 15.5. The Balaban J connectivity index is 2.85. The number of unbranched alkanes of at least 4 members (excludes halogenated alkanes) is 1. The average Bonchev–Trinajstić information content (AvgIpc) is 2.33. The molecular weight excluding hydrogens is 363 g/mol. The van der Waals surface area contributed by atoms with Gasteiger partial charge >= 0.3 is 0 Å². The molecular formula is C14H19Br2Cl. The van der Waals surface area contributed by atoms with Crippen molar-refractivity contribution in [3.05, 3.63) is 32.7 Å². The van der Waals surface area contributed by atoms with Gasteiger partial charge in [-0.05, 0) is 36.1 Å². The molecule has 0 saturated heterocycles. The third kappa shape index (κ3) is 4.57. The molecule has 0 fully saturated rings. The standard InChI is InChI=1S/C14H19Br2Cl/c1-3-5-6-10(4-2)14(17)12-9-11(15)7-8-13(12)16/h7-10,14H,3-6H2,1-2H3. The fraction of sp³-hybridized carbons (Fsp3) is 0.571. The molecule has 0 aliphatic heterocycles. The van der Waals surface area contributed by atoms with E-state index in [0.29, 0.717) is 5.92 Å². The summed E-state index contributed by atoms with van der Waals surface area (Å²) in [5, 5.41) is 0.0958. The van der Waals surface area contributed by atoms with Gasteiger partial charge in [-0.25, -0.2) is 0 Å². The highest BCUT2D eigenvalue weighted by molar-refractivity contribution is 9.11. The van der Waals surface area contributed by atoms with E-state index >= 15 is 0 Å². The Morgan fingerprint density at radius 2 is 1.94 bits per heavy atom. The van der Waals surface area contributed by atoms with E-state index in [1.54, 1.807) is 0 Å². The summed E-state index contributed by atoms with van der Waals surface area (Å²) < 4.78 is 2.20. The molecule has 0 heterocycles. The van der Waals surface area contributed by atoms with Crippen LogP contribution in [0.1, 0.15) is 50.5 Å². The van der Waals surface area contributed by atoms with Crippen molar-refractivity contribution in [1.29, 1.82) is 0 Å². The maximum Gasteiger partial charge on any atom is 0.0624 e. The van der Waals surface area contributed by atoms with E-state index < -0.39 is 0 Å². The lowest BCUT2D eigenvalue weighted by Gasteiger charge is -2.22. The van der Waals surface area contributed by atoms with Crippen molar-refractivity contribution < 1.29 is 0 Å². The minimum Gasteiger partial charge on any atom is -0.117 e. The second kappa shape index (κ2) is 7.81. The van der Waals surface area contributed by atoms with Gasteiger partial charge in [0.25, 0.3) is 0 Å². The zero-order valence-electron chi connectivity index (χ0n) is 10.3. The van der Waals surface area contributed by atoms with Crippen LogP contribution in [-0.2, 0) is 0 Å². The Labute approximate surface area is 126 Å². The van der Waals surface area contributed by atoms with Gasteiger partial charge in [0.2, 0.25) is 0 Å². The third-order valence-electron chi connectivity index (χ3n) is 3.12. The first-order valence-corrected chi connectivity index (χ1v) is 8.21. The minimum absolute atomic E-state index is 0.0958. The second-order valence-corrected chi connectivity index (χ2v) is 6.62. The van der Waals surface area contributed by atoms with Gasteiger partial charge in [0.15, 0.2) is 0 Å². The minimum atomic E-state index is 0.0958. The van der Waals surface area contributed by atoms with Crippen LogP contribution in [0.4, 0.5) is 0 Å². The molecule has 2 unspecified atom stereocenters. The quantitative estimate of drug-likeness (QED) is 0.480. The van der Waals surface area contributed by atoms with Gasteiger partial charge in [0.05, 0.1) is 5.38 Å². The molecule has 0 N–H and O–H groups in total. The molecule has 0 saturated carbocycles. The largest absolute Gasteiger partial charge is 0.117 e. The summed E-state index contributed by atoms with van der Waals surface area (Å²) >= 11 is 13.7. The topological polar surface area (TPSA) is 0 Å². The van der Waals surface area contributed by atoms with Gasteiger partial charge in [0.1, 0.15) is 0 Å². The zero-order valence-corrected chi connectivity index (χ0v) is 14.3. The number of alkyl halides is 1. The van der Waals surface area contributed by atoms with Crippen LogP contribution in [0.5, 0.6) is 0 Å². The molecule has 0 nitrogen and oxygen atoms in total. The highest BCUT2D eigenvalue weighted by Gasteiger charge is 2.21. The molecule has 0 aliphatic rings. The highest BCUT2D eigenvalue weighted by Crippen LogP contribution is 2.39. The van der Waals surface area contributed by atoms with Crippen molar-refractivity contribution in [1.82, 2.24) is 0 Å². The SMILES string of the molecule is CCCCC(CC)C(Cl)c1cc(Br)ccc1Br. The molecule has 0 amide bonds. The van der Waals surface area contributed by atoms with E-state index in [1.807, 2.05) is 6.07 Å². The van der Waals surface area contributed by atoms with E-state index in [9.17, 15) is 0 Å². The molecule has 0 aliphatic carbocycles. The molecule has 96 valence electrons. The number of halogens is 3. The monoisotopic (exact) mass is 380 g/mol. The van der Waals surface area contributed by atoms with Crippen LogP contribution >= 0.6 is 43.5 Å². The predicted molar refractivity (Wildman–Crippen MR) is 83.7 cm³/mol. The Kier molecular flexibility index (Phi) is 7.13. The molecule has 1 aromatic carbocycles. The summed E-state index contributed by atoms with van der Waals surface area (Å²) in [6, 6.07) is 6.21.